The Bertz CT molecular complexity index is 1780. The highest BCUT2D eigenvalue weighted by molar-refractivity contribution is 6.07. The molecule has 11 N–H and O–H groups in total. The molecular weight excluding hydrogens is 823 g/mol. The number of carboxylic acid groups (broad SMARTS) is 1. The van der Waals surface area contributed by atoms with Gasteiger partial charge in [0.25, 0.3) is 5.91 Å². The predicted octanol–water partition coefficient (Wildman–Crippen LogP) is 2.84. The van der Waals surface area contributed by atoms with E-state index < -0.39 is 77.7 Å². The number of aliphatic carboxylic acids is 1. The smallest absolute Gasteiger partial charge is 0.326 e. The normalized spacial score (nSPS) is 13.9. The highest BCUT2D eigenvalue weighted by atomic mass is 16.4. The van der Waals surface area contributed by atoms with Crippen molar-refractivity contribution in [1.29, 1.82) is 0 Å². The lowest BCUT2D eigenvalue weighted by molar-refractivity contribution is -0.143. The summed E-state index contributed by atoms with van der Waals surface area (Å²) in [5, 5.41) is 32.5. The standard InChI is InChI=1S/C47H71N7O10/c1-31(2)28-36(44(60)50-35(42(48)58)29-33-22-16-14-17-23-33)51-45(61)40(32(3)55)53-38(56)26-20-12-10-8-6-4-5-7-9-11-13-21-27-39(57)54-41(43(49)59)46(62)52-37(47(63)64)30-34-24-18-15-19-25-34/h14-19,22-25,31-32,35-37,40-41,55H,4-13,20-21,26-30H2,1-3H3,(H2,48,58)(H2,49,59)(H,50,60)(H,51,61)(H,52,62)(H,53,56)(H,54,57)(H,63,64)/t32-,35-,36-,37+,40-,41-/m0/s1. The zero-order chi connectivity index (χ0) is 47.4. The summed E-state index contributed by atoms with van der Waals surface area (Å²) in [5.41, 5.74) is 12.4. The van der Waals surface area contributed by atoms with Gasteiger partial charge in [-0.25, -0.2) is 4.79 Å². The molecule has 354 valence electrons. The number of hydrogen-bond donors (Lipinski definition) is 9. The Labute approximate surface area is 377 Å². The van der Waals surface area contributed by atoms with Crippen molar-refractivity contribution in [2.45, 2.75) is 166 Å². The van der Waals surface area contributed by atoms with Crippen LogP contribution in [0.3, 0.4) is 0 Å². The lowest BCUT2D eigenvalue weighted by atomic mass is 10.0. The lowest BCUT2D eigenvalue weighted by Gasteiger charge is -2.26. The van der Waals surface area contributed by atoms with Gasteiger partial charge in [-0.05, 0) is 43.2 Å². The zero-order valence-electron chi connectivity index (χ0n) is 37.7. The maximum atomic E-state index is 13.3. The SMILES string of the molecule is CC(C)C[C@H](NC(=O)[C@@H](NC(=O)CCCCCCCCCCCCCCC(=O)N[C@@H](C(N)=O)C(=O)N[C@H](Cc1ccccc1)C(=O)O)[C@H](C)O)C(=O)N[C@@H](Cc1ccccc1)C(N)=O. The molecule has 0 spiro atoms. The molecule has 64 heavy (non-hydrogen) atoms. The molecule has 2 rings (SSSR count). The van der Waals surface area contributed by atoms with Gasteiger partial charge in [0.15, 0.2) is 6.04 Å². The average molecular weight is 894 g/mol. The van der Waals surface area contributed by atoms with Crippen molar-refractivity contribution in [2.75, 3.05) is 0 Å². The number of primary amides is 2. The van der Waals surface area contributed by atoms with Gasteiger partial charge in [0.1, 0.15) is 24.2 Å². The van der Waals surface area contributed by atoms with Crippen LogP contribution < -0.4 is 38.1 Å². The number of aliphatic hydroxyl groups excluding tert-OH is 1. The molecule has 0 radical (unpaired) electrons. The van der Waals surface area contributed by atoms with Crippen LogP contribution >= 0.6 is 0 Å². The molecule has 0 aliphatic carbocycles. The van der Waals surface area contributed by atoms with Crippen LogP contribution in [0.1, 0.15) is 128 Å². The second-order valence-corrected chi connectivity index (χ2v) is 16.9. The highest BCUT2D eigenvalue weighted by Crippen LogP contribution is 2.14. The van der Waals surface area contributed by atoms with Gasteiger partial charge in [0.2, 0.25) is 35.4 Å². The molecule has 6 atom stereocenters. The van der Waals surface area contributed by atoms with Crippen LogP contribution in [0.2, 0.25) is 0 Å². The van der Waals surface area contributed by atoms with Crippen LogP contribution in [0.5, 0.6) is 0 Å². The lowest BCUT2D eigenvalue weighted by Crippen LogP contribution is -2.59. The van der Waals surface area contributed by atoms with E-state index in [1.807, 2.05) is 44.2 Å². The molecule has 2 aromatic rings. The first-order valence-electron chi connectivity index (χ1n) is 22.6. The summed E-state index contributed by atoms with van der Waals surface area (Å²) in [5.74, 6) is -6.27. The van der Waals surface area contributed by atoms with E-state index in [1.54, 1.807) is 30.3 Å². The van der Waals surface area contributed by atoms with Crippen molar-refractivity contribution in [2.24, 2.45) is 17.4 Å². The fourth-order valence-electron chi connectivity index (χ4n) is 7.10. The summed E-state index contributed by atoms with van der Waals surface area (Å²) in [7, 11) is 0. The van der Waals surface area contributed by atoms with Crippen LogP contribution in [0, 0.1) is 5.92 Å². The monoisotopic (exact) mass is 894 g/mol. The number of rotatable bonds is 33. The van der Waals surface area contributed by atoms with Crippen molar-refractivity contribution in [3.63, 3.8) is 0 Å². The van der Waals surface area contributed by atoms with Crippen LogP contribution in [0.15, 0.2) is 60.7 Å². The molecule has 0 saturated heterocycles. The maximum absolute atomic E-state index is 13.3. The van der Waals surface area contributed by atoms with Gasteiger partial charge in [-0.15, -0.1) is 0 Å². The molecule has 0 aliphatic rings. The first kappa shape index (κ1) is 54.3. The summed E-state index contributed by atoms with van der Waals surface area (Å²) in [6.45, 7) is 5.14. The Morgan fingerprint density at radius 3 is 1.31 bits per heavy atom. The fourth-order valence-corrected chi connectivity index (χ4v) is 7.10. The first-order valence-corrected chi connectivity index (χ1v) is 22.6. The van der Waals surface area contributed by atoms with E-state index in [0.717, 1.165) is 69.8 Å². The number of aliphatic hydroxyl groups is 1. The number of carbonyl (C=O) groups is 8. The molecule has 0 fully saturated rings. The second-order valence-electron chi connectivity index (χ2n) is 16.9. The van der Waals surface area contributed by atoms with E-state index in [9.17, 15) is 48.6 Å². The number of carboxylic acids is 1. The summed E-state index contributed by atoms with van der Waals surface area (Å²) >= 11 is 0. The number of amides is 7. The predicted molar refractivity (Wildman–Crippen MR) is 242 cm³/mol. The number of hydrogen-bond acceptors (Lipinski definition) is 9. The maximum Gasteiger partial charge on any atom is 0.326 e. The van der Waals surface area contributed by atoms with Gasteiger partial charge in [0.05, 0.1) is 6.10 Å². The van der Waals surface area contributed by atoms with Crippen molar-refractivity contribution >= 4 is 47.3 Å². The largest absolute Gasteiger partial charge is 0.480 e. The van der Waals surface area contributed by atoms with Crippen molar-refractivity contribution < 1.29 is 48.6 Å². The van der Waals surface area contributed by atoms with E-state index in [-0.39, 0.29) is 43.9 Å². The van der Waals surface area contributed by atoms with Gasteiger partial charge in [-0.2, -0.15) is 0 Å². The van der Waals surface area contributed by atoms with Crippen molar-refractivity contribution in [3.05, 3.63) is 71.8 Å². The summed E-state index contributed by atoms with van der Waals surface area (Å²) < 4.78 is 0. The number of nitrogens with two attached hydrogens (primary N) is 2. The number of carbonyl (C=O) groups excluding carboxylic acids is 7. The molecule has 0 unspecified atom stereocenters. The number of unbranched alkanes of at least 4 members (excludes halogenated alkanes) is 11. The van der Waals surface area contributed by atoms with Crippen LogP contribution in [-0.4, -0.2) is 93.8 Å². The minimum absolute atomic E-state index is 0.00494. The molecule has 17 heteroatoms. The van der Waals surface area contributed by atoms with Gasteiger partial charge in [-0.3, -0.25) is 33.6 Å². The molecule has 7 amide bonds. The molecule has 0 bridgehead atoms. The minimum atomic E-state index is -1.69. The fraction of sp³-hybridized carbons (Fsp3) is 0.574. The van der Waals surface area contributed by atoms with Crippen LogP contribution in [-0.2, 0) is 51.2 Å². The third-order valence-corrected chi connectivity index (χ3v) is 10.7. The average Bonchev–Trinajstić information content (AvgIpc) is 3.24. The number of nitrogens with one attached hydrogen (secondary N) is 5. The molecular formula is C47H71N7O10. The van der Waals surface area contributed by atoms with E-state index in [0.29, 0.717) is 18.4 Å². The molecule has 2 aromatic carbocycles. The third kappa shape index (κ3) is 22.5. The molecule has 0 aromatic heterocycles. The quantitative estimate of drug-likeness (QED) is 0.0373. The molecule has 0 aliphatic heterocycles. The zero-order valence-corrected chi connectivity index (χ0v) is 37.7. The summed E-state index contributed by atoms with van der Waals surface area (Å²) in [4.78, 5) is 100. The highest BCUT2D eigenvalue weighted by Gasteiger charge is 2.32. The van der Waals surface area contributed by atoms with E-state index in [2.05, 4.69) is 26.6 Å². The minimum Gasteiger partial charge on any atom is -0.480 e. The Morgan fingerprint density at radius 2 is 0.906 bits per heavy atom. The van der Waals surface area contributed by atoms with Gasteiger partial charge in [-0.1, -0.05) is 139 Å². The van der Waals surface area contributed by atoms with Crippen molar-refractivity contribution in [3.8, 4) is 0 Å². The van der Waals surface area contributed by atoms with E-state index >= 15 is 0 Å². The molecule has 17 nitrogen and oxygen atoms in total. The number of benzene rings is 2. The second kappa shape index (κ2) is 30.3. The van der Waals surface area contributed by atoms with Crippen molar-refractivity contribution in [1.82, 2.24) is 26.6 Å². The van der Waals surface area contributed by atoms with Gasteiger partial charge >= 0.3 is 5.97 Å². The van der Waals surface area contributed by atoms with Crippen LogP contribution in [0.25, 0.3) is 0 Å². The Morgan fingerprint density at radius 1 is 0.500 bits per heavy atom. The van der Waals surface area contributed by atoms with E-state index in [4.69, 9.17) is 11.5 Å². The first-order chi connectivity index (χ1) is 30.5. The van der Waals surface area contributed by atoms with Gasteiger partial charge < -0.3 is 48.3 Å². The van der Waals surface area contributed by atoms with Crippen LogP contribution in [0.4, 0.5) is 0 Å². The van der Waals surface area contributed by atoms with E-state index in [1.165, 1.54) is 6.92 Å². The third-order valence-electron chi connectivity index (χ3n) is 10.7. The topological polar surface area (TPSA) is 289 Å². The van der Waals surface area contributed by atoms with Gasteiger partial charge in [0, 0.05) is 25.7 Å². The summed E-state index contributed by atoms with van der Waals surface area (Å²) in [6.07, 6.45) is 10.4. The molecule has 0 heterocycles. The Hall–Kier alpha value is -5.84. The Kier molecular flexibility index (Phi) is 25.7. The summed E-state index contributed by atoms with van der Waals surface area (Å²) in [6, 6.07) is 11.5. The Balaban J connectivity index is 1.60. The molecule has 0 saturated carbocycles.